The molecule has 1 heterocycles. The van der Waals surface area contributed by atoms with E-state index >= 15 is 0 Å². The van der Waals surface area contributed by atoms with Gasteiger partial charge in [-0.25, -0.2) is 0 Å². The predicted octanol–water partition coefficient (Wildman–Crippen LogP) is 3.20. The number of nitrogens with one attached hydrogen (secondary N) is 2. The van der Waals surface area contributed by atoms with E-state index in [2.05, 4.69) is 64.8 Å². The number of rotatable bonds is 8. The van der Waals surface area contributed by atoms with Gasteiger partial charge in [-0.3, -0.25) is 9.98 Å². The van der Waals surface area contributed by atoms with Crippen LogP contribution >= 0.6 is 0 Å². The Hall–Kier alpha value is -2.36. The van der Waals surface area contributed by atoms with Crippen LogP contribution in [-0.2, 0) is 12.8 Å². The van der Waals surface area contributed by atoms with E-state index in [1.54, 1.807) is 0 Å². The molecule has 0 spiro atoms. The minimum atomic E-state index is 0.373. The van der Waals surface area contributed by atoms with Crippen molar-refractivity contribution in [2.45, 2.75) is 39.2 Å². The van der Waals surface area contributed by atoms with Gasteiger partial charge in [-0.05, 0) is 44.4 Å². The number of aryl methyl sites for hydroxylation is 1. The molecule has 128 valence electrons. The van der Waals surface area contributed by atoms with Gasteiger partial charge in [0.2, 0.25) is 0 Å². The lowest BCUT2D eigenvalue weighted by Crippen LogP contribution is -2.42. The van der Waals surface area contributed by atoms with Crippen molar-refractivity contribution in [1.29, 1.82) is 0 Å². The average Bonchev–Trinajstić information content (AvgIpc) is 2.62. The van der Waals surface area contributed by atoms with Crippen molar-refractivity contribution in [1.82, 2.24) is 15.6 Å². The Kier molecular flexibility index (Phi) is 7.81. The van der Waals surface area contributed by atoms with Crippen LogP contribution in [0.2, 0.25) is 0 Å². The topological polar surface area (TPSA) is 49.3 Å². The van der Waals surface area contributed by atoms with Crippen molar-refractivity contribution < 1.29 is 0 Å². The SMILES string of the molecule is CCNC(=NCCc1ccccn1)NC(C)CCc1ccccc1. The van der Waals surface area contributed by atoms with Gasteiger partial charge in [-0.1, -0.05) is 36.4 Å². The molecule has 0 radical (unpaired) electrons. The highest BCUT2D eigenvalue weighted by Crippen LogP contribution is 2.04. The van der Waals surface area contributed by atoms with Crippen LogP contribution in [-0.4, -0.2) is 30.1 Å². The molecule has 0 aliphatic rings. The second-order valence-corrected chi connectivity index (χ2v) is 5.90. The van der Waals surface area contributed by atoms with Gasteiger partial charge in [-0.2, -0.15) is 0 Å². The summed E-state index contributed by atoms with van der Waals surface area (Å²) in [4.78, 5) is 8.99. The molecular weight excluding hydrogens is 296 g/mol. The largest absolute Gasteiger partial charge is 0.357 e. The molecule has 0 amide bonds. The molecule has 4 heteroatoms. The van der Waals surface area contributed by atoms with Crippen molar-refractivity contribution in [3.63, 3.8) is 0 Å². The number of aliphatic imine (C=N–C) groups is 1. The normalized spacial score (nSPS) is 12.7. The van der Waals surface area contributed by atoms with E-state index in [1.807, 2.05) is 24.4 Å². The monoisotopic (exact) mass is 324 g/mol. The molecule has 0 aliphatic heterocycles. The van der Waals surface area contributed by atoms with E-state index in [0.717, 1.165) is 44.0 Å². The van der Waals surface area contributed by atoms with Crippen LogP contribution in [0.5, 0.6) is 0 Å². The highest BCUT2D eigenvalue weighted by molar-refractivity contribution is 5.80. The van der Waals surface area contributed by atoms with Gasteiger partial charge in [0, 0.05) is 37.4 Å². The summed E-state index contributed by atoms with van der Waals surface area (Å²) >= 11 is 0. The molecule has 1 atom stereocenters. The molecule has 2 aromatic rings. The van der Waals surface area contributed by atoms with Gasteiger partial charge in [0.1, 0.15) is 0 Å². The summed E-state index contributed by atoms with van der Waals surface area (Å²) in [5, 5.41) is 6.81. The van der Waals surface area contributed by atoms with Crippen LogP contribution in [0.25, 0.3) is 0 Å². The number of guanidine groups is 1. The Morgan fingerprint density at radius 1 is 1.08 bits per heavy atom. The number of hydrogen-bond acceptors (Lipinski definition) is 2. The zero-order chi connectivity index (χ0) is 17.0. The third-order valence-electron chi connectivity index (χ3n) is 3.80. The third kappa shape index (κ3) is 6.82. The number of hydrogen-bond donors (Lipinski definition) is 2. The molecule has 2 rings (SSSR count). The highest BCUT2D eigenvalue weighted by Gasteiger charge is 2.05. The van der Waals surface area contributed by atoms with Crippen molar-refractivity contribution in [3.05, 3.63) is 66.0 Å². The third-order valence-corrected chi connectivity index (χ3v) is 3.80. The van der Waals surface area contributed by atoms with Gasteiger partial charge < -0.3 is 10.6 Å². The van der Waals surface area contributed by atoms with Gasteiger partial charge in [0.15, 0.2) is 5.96 Å². The molecule has 0 bridgehead atoms. The van der Waals surface area contributed by atoms with Crippen molar-refractivity contribution in [2.75, 3.05) is 13.1 Å². The maximum absolute atomic E-state index is 4.66. The first-order chi connectivity index (χ1) is 11.8. The van der Waals surface area contributed by atoms with Gasteiger partial charge in [-0.15, -0.1) is 0 Å². The zero-order valence-electron chi connectivity index (χ0n) is 14.7. The molecule has 1 unspecified atom stereocenters. The van der Waals surface area contributed by atoms with Crippen LogP contribution in [0.3, 0.4) is 0 Å². The molecule has 0 aliphatic carbocycles. The molecule has 0 saturated heterocycles. The van der Waals surface area contributed by atoms with Crippen LogP contribution in [0.15, 0.2) is 59.7 Å². The van der Waals surface area contributed by atoms with Crippen LogP contribution in [0.4, 0.5) is 0 Å². The zero-order valence-corrected chi connectivity index (χ0v) is 14.7. The van der Waals surface area contributed by atoms with Crippen molar-refractivity contribution in [2.24, 2.45) is 4.99 Å². The highest BCUT2D eigenvalue weighted by atomic mass is 15.2. The van der Waals surface area contributed by atoms with E-state index in [-0.39, 0.29) is 0 Å². The van der Waals surface area contributed by atoms with E-state index < -0.39 is 0 Å². The molecule has 0 fully saturated rings. The summed E-state index contributed by atoms with van der Waals surface area (Å²) < 4.78 is 0. The minimum absolute atomic E-state index is 0.373. The molecule has 0 saturated carbocycles. The maximum Gasteiger partial charge on any atom is 0.191 e. The Morgan fingerprint density at radius 3 is 2.58 bits per heavy atom. The molecule has 2 N–H and O–H groups in total. The van der Waals surface area contributed by atoms with Gasteiger partial charge in [0.05, 0.1) is 0 Å². The van der Waals surface area contributed by atoms with E-state index in [4.69, 9.17) is 0 Å². The van der Waals surface area contributed by atoms with Crippen molar-refractivity contribution in [3.8, 4) is 0 Å². The number of pyridine rings is 1. The summed E-state index contributed by atoms with van der Waals surface area (Å²) in [7, 11) is 0. The number of benzene rings is 1. The van der Waals surface area contributed by atoms with E-state index in [9.17, 15) is 0 Å². The lowest BCUT2D eigenvalue weighted by atomic mass is 10.1. The van der Waals surface area contributed by atoms with E-state index in [0.29, 0.717) is 6.04 Å². The number of nitrogens with zero attached hydrogens (tertiary/aromatic N) is 2. The maximum atomic E-state index is 4.66. The molecule has 1 aromatic heterocycles. The fourth-order valence-electron chi connectivity index (χ4n) is 2.48. The smallest absolute Gasteiger partial charge is 0.191 e. The Morgan fingerprint density at radius 2 is 1.88 bits per heavy atom. The lowest BCUT2D eigenvalue weighted by Gasteiger charge is -2.18. The summed E-state index contributed by atoms with van der Waals surface area (Å²) in [6.07, 6.45) is 4.83. The van der Waals surface area contributed by atoms with Crippen LogP contribution < -0.4 is 10.6 Å². The Bertz CT molecular complexity index is 596. The molecule has 4 nitrogen and oxygen atoms in total. The summed E-state index contributed by atoms with van der Waals surface area (Å²) in [6.45, 7) is 5.89. The standard InChI is InChI=1S/C20H28N4/c1-3-21-20(23-16-14-19-11-7-8-15-22-19)24-17(2)12-13-18-9-5-4-6-10-18/h4-11,15,17H,3,12-14,16H2,1-2H3,(H2,21,23,24). The first-order valence-corrected chi connectivity index (χ1v) is 8.76. The summed E-state index contributed by atoms with van der Waals surface area (Å²) in [5.74, 6) is 0.883. The van der Waals surface area contributed by atoms with E-state index in [1.165, 1.54) is 5.56 Å². The first kappa shape index (κ1) is 18.0. The average molecular weight is 324 g/mol. The Labute approximate surface area is 145 Å². The predicted molar refractivity (Wildman–Crippen MR) is 101 cm³/mol. The molecule has 24 heavy (non-hydrogen) atoms. The summed E-state index contributed by atoms with van der Waals surface area (Å²) in [6, 6.07) is 17.0. The van der Waals surface area contributed by atoms with Gasteiger partial charge >= 0.3 is 0 Å². The van der Waals surface area contributed by atoms with Crippen molar-refractivity contribution >= 4 is 5.96 Å². The van der Waals surface area contributed by atoms with Crippen LogP contribution in [0, 0.1) is 0 Å². The molecule has 1 aromatic carbocycles. The molecular formula is C20H28N4. The summed E-state index contributed by atoms with van der Waals surface area (Å²) in [5.41, 5.74) is 2.46. The quantitative estimate of drug-likeness (QED) is 0.579. The minimum Gasteiger partial charge on any atom is -0.357 e. The second kappa shape index (κ2) is 10.4. The fraction of sp³-hybridized carbons (Fsp3) is 0.400. The first-order valence-electron chi connectivity index (χ1n) is 8.76. The second-order valence-electron chi connectivity index (χ2n) is 5.90. The lowest BCUT2D eigenvalue weighted by molar-refractivity contribution is 0.593. The van der Waals surface area contributed by atoms with Gasteiger partial charge in [0.25, 0.3) is 0 Å². The fourth-order valence-corrected chi connectivity index (χ4v) is 2.48. The Balaban J connectivity index is 1.79. The van der Waals surface area contributed by atoms with Crippen LogP contribution in [0.1, 0.15) is 31.5 Å². The number of aromatic nitrogens is 1.